The van der Waals surface area contributed by atoms with E-state index in [1.54, 1.807) is 0 Å². The van der Waals surface area contributed by atoms with Crippen LogP contribution in [0.1, 0.15) is 76.1 Å². The van der Waals surface area contributed by atoms with Gasteiger partial charge in [-0.15, -0.1) is 0 Å². The molecular formula is C24H35OPS. The van der Waals surface area contributed by atoms with Gasteiger partial charge in [0.05, 0.1) is 0 Å². The number of benzene rings is 2. The predicted molar refractivity (Wildman–Crippen MR) is 126 cm³/mol. The molecule has 0 saturated heterocycles. The van der Waals surface area contributed by atoms with Crippen LogP contribution < -0.4 is 5.30 Å². The molecule has 0 bridgehead atoms. The van der Waals surface area contributed by atoms with Crippen molar-refractivity contribution in [2.45, 2.75) is 77.1 Å². The lowest BCUT2D eigenvalue weighted by Gasteiger charge is -2.34. The molecule has 2 atom stereocenters. The van der Waals surface area contributed by atoms with Crippen LogP contribution in [0.3, 0.4) is 0 Å². The highest BCUT2D eigenvalue weighted by Gasteiger charge is 2.32. The molecule has 0 aromatic heterocycles. The van der Waals surface area contributed by atoms with Gasteiger partial charge in [0.1, 0.15) is 5.75 Å². The van der Waals surface area contributed by atoms with Crippen molar-refractivity contribution in [2.24, 2.45) is 0 Å². The van der Waals surface area contributed by atoms with Crippen LogP contribution in [0.4, 0.5) is 0 Å². The van der Waals surface area contributed by atoms with Gasteiger partial charge in [-0.05, 0) is 40.8 Å². The monoisotopic (exact) mass is 402 g/mol. The van der Waals surface area contributed by atoms with Crippen molar-refractivity contribution < 1.29 is 5.11 Å². The van der Waals surface area contributed by atoms with E-state index in [-0.39, 0.29) is 10.6 Å². The van der Waals surface area contributed by atoms with Crippen LogP contribution in [0.15, 0.2) is 36.4 Å². The summed E-state index contributed by atoms with van der Waals surface area (Å²) in [4.78, 5) is 0. The quantitative estimate of drug-likeness (QED) is 0.384. The second-order valence-electron chi connectivity index (χ2n) is 8.82. The predicted octanol–water partition coefficient (Wildman–Crippen LogP) is 6.84. The minimum absolute atomic E-state index is 0.0605. The Morgan fingerprint density at radius 3 is 2.33 bits per heavy atom. The first-order valence-electron chi connectivity index (χ1n) is 9.94. The van der Waals surface area contributed by atoms with Crippen LogP contribution in [0.5, 0.6) is 5.75 Å². The molecule has 0 aliphatic heterocycles. The Morgan fingerprint density at radius 1 is 1.07 bits per heavy atom. The number of aryl methyl sites for hydroxylation is 1. The van der Waals surface area contributed by atoms with Gasteiger partial charge in [0, 0.05) is 16.5 Å². The Hall–Kier alpha value is -0.980. The lowest BCUT2D eigenvalue weighted by atomic mass is 9.82. The Bertz CT molecular complexity index is 778. The first kappa shape index (κ1) is 22.3. The van der Waals surface area contributed by atoms with Crippen LogP contribution >= 0.6 is 21.2 Å². The number of rotatable bonds is 7. The molecular weight excluding hydrogens is 367 g/mol. The molecule has 0 aliphatic rings. The van der Waals surface area contributed by atoms with Crippen LogP contribution in [-0.4, -0.2) is 5.11 Å². The van der Waals surface area contributed by atoms with Crippen molar-refractivity contribution in [1.82, 2.24) is 0 Å². The van der Waals surface area contributed by atoms with Gasteiger partial charge in [0.15, 0.2) is 0 Å². The minimum Gasteiger partial charge on any atom is -0.507 e. The van der Waals surface area contributed by atoms with E-state index in [1.807, 2.05) is 6.92 Å². The third-order valence-electron chi connectivity index (χ3n) is 5.39. The van der Waals surface area contributed by atoms with E-state index in [2.05, 4.69) is 83.6 Å². The number of hydrogen-bond donors (Lipinski definition) is 2. The Balaban J connectivity index is 2.60. The lowest BCUT2D eigenvalue weighted by molar-refractivity contribution is 0.445. The summed E-state index contributed by atoms with van der Waals surface area (Å²) < 4.78 is 0. The first-order valence-corrected chi connectivity index (χ1v) is 11.6. The zero-order valence-corrected chi connectivity index (χ0v) is 19.6. The van der Waals surface area contributed by atoms with Crippen LogP contribution in [0.25, 0.3) is 0 Å². The number of phenolic OH excluding ortho intramolecular Hbond substituents is 1. The zero-order chi connectivity index (χ0) is 20.2. The van der Waals surface area contributed by atoms with Gasteiger partial charge in [-0.3, -0.25) is 0 Å². The van der Waals surface area contributed by atoms with Gasteiger partial charge in [-0.2, -0.15) is 12.6 Å². The van der Waals surface area contributed by atoms with Crippen molar-refractivity contribution >= 4 is 26.5 Å². The van der Waals surface area contributed by atoms with Crippen LogP contribution in [-0.2, 0) is 16.3 Å². The molecule has 148 valence electrons. The van der Waals surface area contributed by atoms with Gasteiger partial charge in [-0.25, -0.2) is 0 Å². The number of thiol groups is 1. The molecule has 0 spiro atoms. The molecule has 0 radical (unpaired) electrons. The molecule has 0 saturated carbocycles. The van der Waals surface area contributed by atoms with E-state index in [0.29, 0.717) is 14.3 Å². The van der Waals surface area contributed by atoms with Gasteiger partial charge in [-0.1, -0.05) is 92.4 Å². The maximum Gasteiger partial charge on any atom is 0.122 e. The maximum atomic E-state index is 11.0. The summed E-state index contributed by atoms with van der Waals surface area (Å²) in [7, 11) is 0.605. The maximum absolute atomic E-state index is 11.0. The third kappa shape index (κ3) is 5.30. The smallest absolute Gasteiger partial charge is 0.122 e. The highest BCUT2D eigenvalue weighted by molar-refractivity contribution is 7.79. The summed E-state index contributed by atoms with van der Waals surface area (Å²) in [5.41, 5.74) is 4.74. The average molecular weight is 403 g/mol. The Kier molecular flexibility index (Phi) is 7.45. The van der Waals surface area contributed by atoms with Crippen molar-refractivity contribution in [3.63, 3.8) is 0 Å². The van der Waals surface area contributed by atoms with Crippen molar-refractivity contribution in [3.05, 3.63) is 58.7 Å². The second kappa shape index (κ2) is 9.01. The molecule has 0 amide bonds. The molecule has 2 aromatic carbocycles. The molecule has 0 fully saturated rings. The summed E-state index contributed by atoms with van der Waals surface area (Å²) >= 11 is 4.53. The third-order valence-corrected chi connectivity index (χ3v) is 7.56. The van der Waals surface area contributed by atoms with Gasteiger partial charge >= 0.3 is 0 Å². The minimum atomic E-state index is -0.0782. The van der Waals surface area contributed by atoms with Crippen molar-refractivity contribution in [2.75, 3.05) is 0 Å². The SMILES string of the molecule is CCCCC(C)(Pc1ccccc1CS)c1cc(C(C)(C)C)cc(C)c1O. The molecule has 2 rings (SSSR count). The number of hydrogen-bond acceptors (Lipinski definition) is 2. The molecule has 3 heteroatoms. The van der Waals surface area contributed by atoms with Gasteiger partial charge < -0.3 is 5.11 Å². The zero-order valence-electron chi connectivity index (χ0n) is 17.7. The summed E-state index contributed by atoms with van der Waals surface area (Å²) in [6.45, 7) is 13.3. The average Bonchev–Trinajstić information content (AvgIpc) is 2.61. The summed E-state index contributed by atoms with van der Waals surface area (Å²) in [6, 6.07) is 13.0. The molecule has 2 unspecified atom stereocenters. The summed E-state index contributed by atoms with van der Waals surface area (Å²) in [5.74, 6) is 1.22. The van der Waals surface area contributed by atoms with E-state index in [0.717, 1.165) is 36.1 Å². The highest BCUT2D eigenvalue weighted by atomic mass is 32.1. The first-order chi connectivity index (χ1) is 12.6. The van der Waals surface area contributed by atoms with E-state index >= 15 is 0 Å². The van der Waals surface area contributed by atoms with E-state index in [4.69, 9.17) is 0 Å². The Labute approximate surface area is 173 Å². The summed E-state index contributed by atoms with van der Waals surface area (Å²) in [6.07, 6.45) is 3.39. The fraction of sp³-hybridized carbons (Fsp3) is 0.500. The Morgan fingerprint density at radius 2 is 1.74 bits per heavy atom. The van der Waals surface area contributed by atoms with Gasteiger partial charge in [0.25, 0.3) is 0 Å². The van der Waals surface area contributed by atoms with E-state index in [1.165, 1.54) is 16.4 Å². The molecule has 27 heavy (non-hydrogen) atoms. The largest absolute Gasteiger partial charge is 0.507 e. The van der Waals surface area contributed by atoms with Crippen molar-refractivity contribution in [1.29, 1.82) is 0 Å². The fourth-order valence-corrected chi connectivity index (χ4v) is 5.66. The number of unbranched alkanes of at least 4 members (excludes halogenated alkanes) is 1. The molecule has 0 heterocycles. The topological polar surface area (TPSA) is 20.2 Å². The van der Waals surface area contributed by atoms with E-state index < -0.39 is 0 Å². The van der Waals surface area contributed by atoms with Crippen LogP contribution in [0.2, 0.25) is 0 Å². The van der Waals surface area contributed by atoms with Crippen LogP contribution in [0, 0.1) is 6.92 Å². The summed E-state index contributed by atoms with van der Waals surface area (Å²) in [5, 5.41) is 12.3. The van der Waals surface area contributed by atoms with Gasteiger partial charge in [0.2, 0.25) is 0 Å². The highest BCUT2D eigenvalue weighted by Crippen LogP contribution is 2.50. The molecule has 0 aliphatic carbocycles. The van der Waals surface area contributed by atoms with E-state index in [9.17, 15) is 5.11 Å². The molecule has 1 nitrogen and oxygen atoms in total. The standard InChI is InChI=1S/C24H35OPS/c1-7-8-13-24(6,26-21-12-10-9-11-18(21)16-27)20-15-19(23(3,4)5)14-17(2)22(20)25/h9-12,14-15,25-27H,7-8,13,16H2,1-6H3. The lowest BCUT2D eigenvalue weighted by Crippen LogP contribution is -2.23. The normalized spacial score (nSPS) is 14.6. The number of phenols is 1. The number of aromatic hydroxyl groups is 1. The second-order valence-corrected chi connectivity index (χ2v) is 11.0. The molecule has 2 aromatic rings. The van der Waals surface area contributed by atoms with Crippen molar-refractivity contribution in [3.8, 4) is 5.75 Å². The molecule has 1 N–H and O–H groups in total. The fourth-order valence-electron chi connectivity index (χ4n) is 3.51.